The number of anilines is 2. The van der Waals surface area contributed by atoms with Crippen LogP contribution < -0.4 is 11.5 Å². The van der Waals surface area contributed by atoms with E-state index in [9.17, 15) is 0 Å². The lowest BCUT2D eigenvalue weighted by Gasteiger charge is -2.06. The van der Waals surface area contributed by atoms with Gasteiger partial charge in [0.05, 0.1) is 11.9 Å². The minimum Gasteiger partial charge on any atom is -0.382 e. The van der Waals surface area contributed by atoms with Crippen LogP contribution in [-0.2, 0) is 0 Å². The maximum Gasteiger partial charge on any atom is 0.224 e. The first kappa shape index (κ1) is 12.5. The predicted octanol–water partition coefficient (Wildman–Crippen LogP) is 2.40. The number of rotatable bonds is 1. The highest BCUT2D eigenvalue weighted by Crippen LogP contribution is 2.24. The number of aromatic nitrogens is 4. The molecule has 0 atom stereocenters. The lowest BCUT2D eigenvalue weighted by atomic mass is 10.1. The van der Waals surface area contributed by atoms with Crippen molar-refractivity contribution in [3.63, 3.8) is 0 Å². The molecule has 0 aliphatic heterocycles. The Hall–Kier alpha value is -3.28. The normalized spacial score (nSPS) is 11.1. The molecule has 0 unspecified atom stereocenters. The van der Waals surface area contributed by atoms with Crippen molar-refractivity contribution in [2.24, 2.45) is 0 Å². The van der Waals surface area contributed by atoms with Gasteiger partial charge >= 0.3 is 0 Å². The molecule has 4 aromatic rings. The van der Waals surface area contributed by atoms with Gasteiger partial charge in [0, 0.05) is 5.56 Å². The van der Waals surface area contributed by atoms with Gasteiger partial charge in [0.2, 0.25) is 5.95 Å². The Bertz CT molecular complexity index is 1010. The minimum absolute atomic E-state index is 0.0951. The van der Waals surface area contributed by atoms with E-state index < -0.39 is 0 Å². The lowest BCUT2D eigenvalue weighted by Crippen LogP contribution is -2.03. The molecular formula is C16H12N6. The summed E-state index contributed by atoms with van der Waals surface area (Å²) in [7, 11) is 0. The van der Waals surface area contributed by atoms with E-state index in [-0.39, 0.29) is 11.8 Å². The third-order valence-corrected chi connectivity index (χ3v) is 3.50. The molecule has 0 aliphatic carbocycles. The number of benzene rings is 2. The molecular weight excluding hydrogens is 276 g/mol. The second-order valence-corrected chi connectivity index (χ2v) is 4.96. The Balaban J connectivity index is 1.92. The Morgan fingerprint density at radius 3 is 2.50 bits per heavy atom. The fourth-order valence-corrected chi connectivity index (χ4v) is 2.43. The molecule has 0 radical (unpaired) electrons. The van der Waals surface area contributed by atoms with Crippen LogP contribution in [0.4, 0.5) is 11.8 Å². The average Bonchev–Trinajstić information content (AvgIpc) is 2.54. The first-order valence-electron chi connectivity index (χ1n) is 6.75. The summed E-state index contributed by atoms with van der Waals surface area (Å²) in [6, 6.07) is 14.3. The van der Waals surface area contributed by atoms with Crippen LogP contribution in [0.1, 0.15) is 0 Å². The molecule has 0 bridgehead atoms. The smallest absolute Gasteiger partial charge is 0.224 e. The predicted molar refractivity (Wildman–Crippen MR) is 86.9 cm³/mol. The Morgan fingerprint density at radius 1 is 0.818 bits per heavy atom. The molecule has 106 valence electrons. The maximum absolute atomic E-state index is 5.86. The van der Waals surface area contributed by atoms with E-state index in [1.807, 2.05) is 18.2 Å². The quantitative estimate of drug-likeness (QED) is 0.557. The van der Waals surface area contributed by atoms with Gasteiger partial charge in [0.1, 0.15) is 0 Å². The monoisotopic (exact) mass is 288 g/mol. The first-order chi connectivity index (χ1) is 10.7. The van der Waals surface area contributed by atoms with Crippen molar-refractivity contribution >= 4 is 33.7 Å². The topological polar surface area (TPSA) is 104 Å². The van der Waals surface area contributed by atoms with Gasteiger partial charge < -0.3 is 11.5 Å². The molecule has 22 heavy (non-hydrogen) atoms. The molecule has 2 aromatic heterocycles. The van der Waals surface area contributed by atoms with E-state index >= 15 is 0 Å². The van der Waals surface area contributed by atoms with Gasteiger partial charge in [-0.1, -0.05) is 36.4 Å². The molecule has 0 aliphatic rings. The van der Waals surface area contributed by atoms with Crippen molar-refractivity contribution in [1.82, 2.24) is 19.9 Å². The van der Waals surface area contributed by atoms with E-state index in [0.29, 0.717) is 11.2 Å². The van der Waals surface area contributed by atoms with Crippen molar-refractivity contribution in [2.45, 2.75) is 0 Å². The number of hydrogen-bond acceptors (Lipinski definition) is 6. The summed E-state index contributed by atoms with van der Waals surface area (Å²) in [5, 5.41) is 2.32. The van der Waals surface area contributed by atoms with Gasteiger partial charge in [-0.3, -0.25) is 0 Å². The van der Waals surface area contributed by atoms with Gasteiger partial charge in [-0.05, 0) is 16.8 Å². The number of hydrogen-bond donors (Lipinski definition) is 2. The Labute approximate surface area is 125 Å². The third-order valence-electron chi connectivity index (χ3n) is 3.50. The molecule has 0 saturated carbocycles. The van der Waals surface area contributed by atoms with E-state index in [4.69, 9.17) is 11.5 Å². The summed E-state index contributed by atoms with van der Waals surface area (Å²) in [5.41, 5.74) is 14.0. The van der Waals surface area contributed by atoms with E-state index in [1.165, 1.54) is 5.39 Å². The van der Waals surface area contributed by atoms with Crippen molar-refractivity contribution in [3.8, 4) is 11.3 Å². The second-order valence-electron chi connectivity index (χ2n) is 4.96. The summed E-state index contributed by atoms with van der Waals surface area (Å²) in [6.45, 7) is 0. The largest absolute Gasteiger partial charge is 0.382 e. The van der Waals surface area contributed by atoms with Gasteiger partial charge in [-0.25, -0.2) is 9.97 Å². The van der Waals surface area contributed by atoms with E-state index in [2.05, 4.69) is 44.2 Å². The summed E-state index contributed by atoms with van der Waals surface area (Å²) in [4.78, 5) is 16.8. The van der Waals surface area contributed by atoms with Crippen molar-refractivity contribution < 1.29 is 0 Å². The molecule has 6 heteroatoms. The van der Waals surface area contributed by atoms with E-state index in [0.717, 1.165) is 16.6 Å². The summed E-state index contributed by atoms with van der Waals surface area (Å²) >= 11 is 0. The van der Waals surface area contributed by atoms with Gasteiger partial charge in [0.25, 0.3) is 0 Å². The van der Waals surface area contributed by atoms with Crippen LogP contribution in [-0.4, -0.2) is 19.9 Å². The van der Waals surface area contributed by atoms with Crippen molar-refractivity contribution in [3.05, 3.63) is 48.7 Å². The average molecular weight is 288 g/mol. The molecule has 2 heterocycles. The van der Waals surface area contributed by atoms with Gasteiger partial charge in [-0.2, -0.15) is 9.97 Å². The van der Waals surface area contributed by atoms with Crippen LogP contribution in [0.3, 0.4) is 0 Å². The fraction of sp³-hybridized carbons (Fsp3) is 0. The summed E-state index contributed by atoms with van der Waals surface area (Å²) < 4.78 is 0. The molecule has 0 spiro atoms. The molecule has 0 fully saturated rings. The second kappa shape index (κ2) is 4.63. The zero-order chi connectivity index (χ0) is 15.1. The maximum atomic E-state index is 5.86. The van der Waals surface area contributed by atoms with Gasteiger partial charge in [0.15, 0.2) is 17.0 Å². The molecule has 0 saturated heterocycles. The fourth-order valence-electron chi connectivity index (χ4n) is 2.43. The summed E-state index contributed by atoms with van der Waals surface area (Å²) in [5.74, 6) is 0.329. The number of nitrogens with zero attached hydrogens (tertiary/aromatic N) is 4. The highest BCUT2D eigenvalue weighted by Gasteiger charge is 2.09. The van der Waals surface area contributed by atoms with Crippen LogP contribution in [0.25, 0.3) is 33.2 Å². The lowest BCUT2D eigenvalue weighted by molar-refractivity contribution is 1.17. The first-order valence-corrected chi connectivity index (χ1v) is 6.75. The molecule has 4 rings (SSSR count). The Kier molecular flexibility index (Phi) is 2.62. The van der Waals surface area contributed by atoms with Crippen LogP contribution in [0.5, 0.6) is 0 Å². The van der Waals surface area contributed by atoms with Gasteiger partial charge in [-0.15, -0.1) is 0 Å². The Morgan fingerprint density at radius 2 is 1.64 bits per heavy atom. The van der Waals surface area contributed by atoms with Crippen molar-refractivity contribution in [1.29, 1.82) is 0 Å². The zero-order valence-corrected chi connectivity index (χ0v) is 11.6. The molecule has 0 amide bonds. The van der Waals surface area contributed by atoms with E-state index in [1.54, 1.807) is 6.20 Å². The highest BCUT2D eigenvalue weighted by atomic mass is 15.1. The van der Waals surface area contributed by atoms with Crippen LogP contribution in [0.2, 0.25) is 0 Å². The highest BCUT2D eigenvalue weighted by molar-refractivity contribution is 5.88. The standard InChI is InChI=1S/C16H12N6/c17-14-13-15(22-16(18)21-14)19-8-12(20-13)11-6-5-9-3-1-2-4-10(9)7-11/h1-8H,(H4,17,18,19,21,22). The SMILES string of the molecule is Nc1nc(N)c2nc(-c3ccc4ccccc4c3)cnc2n1. The molecule has 4 N–H and O–H groups in total. The zero-order valence-electron chi connectivity index (χ0n) is 11.6. The van der Waals surface area contributed by atoms with Crippen LogP contribution in [0, 0.1) is 0 Å². The van der Waals surface area contributed by atoms with Crippen LogP contribution in [0.15, 0.2) is 48.7 Å². The molecule has 2 aromatic carbocycles. The molecule has 6 nitrogen and oxygen atoms in total. The number of nitrogen functional groups attached to an aromatic ring is 2. The number of nitrogens with two attached hydrogens (primary N) is 2. The van der Waals surface area contributed by atoms with Crippen LogP contribution >= 0.6 is 0 Å². The minimum atomic E-state index is 0.0951. The summed E-state index contributed by atoms with van der Waals surface area (Å²) in [6.07, 6.45) is 1.66. The van der Waals surface area contributed by atoms with Crippen molar-refractivity contribution in [2.75, 3.05) is 11.5 Å². The third kappa shape index (κ3) is 1.98. The number of fused-ring (bicyclic) bond motifs is 2.